The van der Waals surface area contributed by atoms with Gasteiger partial charge in [-0.05, 0) is 15.9 Å². The molecule has 1 aromatic heterocycles. The number of hydrogen-bond donors (Lipinski definition) is 1. The van der Waals surface area contributed by atoms with Crippen LogP contribution >= 0.6 is 15.9 Å². The number of rotatable bonds is 1. The molecule has 0 aliphatic heterocycles. The Labute approximate surface area is 60.1 Å². The average molecular weight is 190 g/mol. The molecule has 2 N–H and O–H groups in total. The lowest BCUT2D eigenvalue weighted by Crippen LogP contribution is -2.04. The van der Waals surface area contributed by atoms with Gasteiger partial charge >= 0.3 is 0 Å². The van der Waals surface area contributed by atoms with Gasteiger partial charge in [-0.1, -0.05) is 0 Å². The summed E-state index contributed by atoms with van der Waals surface area (Å²) in [6.45, 7) is 0. The summed E-state index contributed by atoms with van der Waals surface area (Å²) in [5, 5.41) is 0. The summed E-state index contributed by atoms with van der Waals surface area (Å²) >= 11 is 3.13. The SMILES string of the molecule is NOc1ncncc1Br. The van der Waals surface area contributed by atoms with E-state index in [1.165, 1.54) is 6.33 Å². The molecular formula is C4H4BrN3O. The lowest BCUT2D eigenvalue weighted by molar-refractivity contribution is 0.317. The highest BCUT2D eigenvalue weighted by molar-refractivity contribution is 9.10. The monoisotopic (exact) mass is 189 g/mol. The van der Waals surface area contributed by atoms with Gasteiger partial charge in [-0.3, -0.25) is 0 Å². The van der Waals surface area contributed by atoms with E-state index in [4.69, 9.17) is 5.90 Å². The number of hydrogen-bond acceptors (Lipinski definition) is 4. The van der Waals surface area contributed by atoms with Gasteiger partial charge in [0.15, 0.2) is 0 Å². The second-order valence-electron chi connectivity index (χ2n) is 1.29. The maximum absolute atomic E-state index is 4.83. The third-order valence-corrected chi connectivity index (χ3v) is 1.29. The molecule has 4 nitrogen and oxygen atoms in total. The highest BCUT2D eigenvalue weighted by Crippen LogP contribution is 2.17. The van der Waals surface area contributed by atoms with Gasteiger partial charge in [0, 0.05) is 6.20 Å². The van der Waals surface area contributed by atoms with Crippen molar-refractivity contribution in [2.75, 3.05) is 0 Å². The van der Waals surface area contributed by atoms with E-state index in [0.29, 0.717) is 10.4 Å². The predicted molar refractivity (Wildman–Crippen MR) is 34.5 cm³/mol. The molecule has 1 rings (SSSR count). The molecule has 0 aromatic carbocycles. The molecule has 0 saturated carbocycles. The van der Waals surface area contributed by atoms with Crippen molar-refractivity contribution in [2.24, 2.45) is 5.90 Å². The van der Waals surface area contributed by atoms with E-state index in [-0.39, 0.29) is 0 Å². The molecule has 0 saturated heterocycles. The summed E-state index contributed by atoms with van der Waals surface area (Å²) in [6.07, 6.45) is 2.90. The molecule has 5 heteroatoms. The van der Waals surface area contributed by atoms with E-state index < -0.39 is 0 Å². The Morgan fingerprint density at radius 3 is 2.89 bits per heavy atom. The lowest BCUT2D eigenvalue weighted by Gasteiger charge is -1.95. The van der Waals surface area contributed by atoms with Crippen LogP contribution in [0.5, 0.6) is 5.88 Å². The maximum Gasteiger partial charge on any atom is 0.254 e. The predicted octanol–water partition coefficient (Wildman–Crippen LogP) is 0.492. The summed E-state index contributed by atoms with van der Waals surface area (Å²) in [5.41, 5.74) is 0. The Bertz CT molecular complexity index is 205. The van der Waals surface area contributed by atoms with Crippen LogP contribution in [-0.2, 0) is 0 Å². The Balaban J connectivity index is 3.01. The molecule has 48 valence electrons. The van der Waals surface area contributed by atoms with Gasteiger partial charge in [-0.2, -0.15) is 10.9 Å². The van der Waals surface area contributed by atoms with Crippen LogP contribution < -0.4 is 10.7 Å². The van der Waals surface area contributed by atoms with E-state index in [1.807, 2.05) is 0 Å². The zero-order valence-electron chi connectivity index (χ0n) is 4.41. The largest absolute Gasteiger partial charge is 0.390 e. The van der Waals surface area contributed by atoms with E-state index in [0.717, 1.165) is 0 Å². The molecule has 1 heterocycles. The summed E-state index contributed by atoms with van der Waals surface area (Å²) in [6, 6.07) is 0. The van der Waals surface area contributed by atoms with Crippen LogP contribution in [0.1, 0.15) is 0 Å². The first kappa shape index (κ1) is 6.44. The van der Waals surface area contributed by atoms with E-state index in [9.17, 15) is 0 Å². The Morgan fingerprint density at radius 2 is 2.44 bits per heavy atom. The van der Waals surface area contributed by atoms with Crippen molar-refractivity contribution in [3.05, 3.63) is 17.0 Å². The first-order valence-corrected chi connectivity index (χ1v) is 2.96. The van der Waals surface area contributed by atoms with Crippen LogP contribution in [0.25, 0.3) is 0 Å². The number of nitrogens with two attached hydrogens (primary N) is 1. The summed E-state index contributed by atoms with van der Waals surface area (Å²) in [4.78, 5) is 11.7. The zero-order valence-corrected chi connectivity index (χ0v) is 6.00. The van der Waals surface area contributed by atoms with E-state index >= 15 is 0 Å². The summed E-state index contributed by atoms with van der Waals surface area (Å²) in [5.74, 6) is 5.17. The minimum atomic E-state index is 0.338. The standard InChI is InChI=1S/C4H4BrN3O/c5-3-1-7-2-8-4(3)9-6/h1-2H,6H2. The van der Waals surface area contributed by atoms with Crippen LogP contribution in [0.4, 0.5) is 0 Å². The van der Waals surface area contributed by atoms with Gasteiger partial charge in [0.05, 0.1) is 0 Å². The highest BCUT2D eigenvalue weighted by Gasteiger charge is 1.97. The molecule has 0 aliphatic rings. The van der Waals surface area contributed by atoms with Crippen molar-refractivity contribution in [1.82, 2.24) is 9.97 Å². The molecule has 0 radical (unpaired) electrons. The quantitative estimate of drug-likeness (QED) is 0.654. The van der Waals surface area contributed by atoms with E-state index in [2.05, 4.69) is 30.7 Å². The molecule has 0 spiro atoms. The average Bonchev–Trinajstić information content (AvgIpc) is 1.89. The highest BCUT2D eigenvalue weighted by atomic mass is 79.9. The summed E-state index contributed by atoms with van der Waals surface area (Å²) < 4.78 is 0.646. The second kappa shape index (κ2) is 2.75. The normalized spacial score (nSPS) is 9.11. The van der Waals surface area contributed by atoms with Crippen molar-refractivity contribution in [3.63, 3.8) is 0 Å². The van der Waals surface area contributed by atoms with E-state index in [1.54, 1.807) is 6.20 Å². The molecule has 1 aromatic rings. The summed E-state index contributed by atoms with van der Waals surface area (Å²) in [7, 11) is 0. The molecular weight excluding hydrogens is 186 g/mol. The first-order valence-electron chi connectivity index (χ1n) is 2.17. The van der Waals surface area contributed by atoms with Gasteiger partial charge in [0.25, 0.3) is 5.88 Å². The molecule has 0 atom stereocenters. The van der Waals surface area contributed by atoms with Gasteiger partial charge in [0.1, 0.15) is 10.8 Å². The fourth-order valence-corrected chi connectivity index (χ4v) is 0.702. The number of nitrogens with zero attached hydrogens (tertiary/aromatic N) is 2. The minimum absolute atomic E-state index is 0.338. The van der Waals surface area contributed by atoms with Crippen LogP contribution in [0.3, 0.4) is 0 Å². The van der Waals surface area contributed by atoms with Crippen LogP contribution in [0.2, 0.25) is 0 Å². The van der Waals surface area contributed by atoms with Crippen molar-refractivity contribution >= 4 is 15.9 Å². The van der Waals surface area contributed by atoms with Crippen molar-refractivity contribution in [1.29, 1.82) is 0 Å². The van der Waals surface area contributed by atoms with Gasteiger partial charge in [-0.25, -0.2) is 4.98 Å². The topological polar surface area (TPSA) is 61.0 Å². The van der Waals surface area contributed by atoms with Gasteiger partial charge in [-0.15, -0.1) is 0 Å². The fraction of sp³-hybridized carbons (Fsp3) is 0. The van der Waals surface area contributed by atoms with Crippen molar-refractivity contribution in [3.8, 4) is 5.88 Å². The van der Waals surface area contributed by atoms with Crippen molar-refractivity contribution < 1.29 is 4.84 Å². The number of aromatic nitrogens is 2. The minimum Gasteiger partial charge on any atom is -0.390 e. The molecule has 0 unspecified atom stereocenters. The maximum atomic E-state index is 4.83. The van der Waals surface area contributed by atoms with Gasteiger partial charge in [0.2, 0.25) is 0 Å². The third kappa shape index (κ3) is 1.36. The Hall–Kier alpha value is -0.680. The Morgan fingerprint density at radius 1 is 1.67 bits per heavy atom. The molecule has 0 fully saturated rings. The zero-order chi connectivity index (χ0) is 6.69. The first-order chi connectivity index (χ1) is 4.34. The van der Waals surface area contributed by atoms with Crippen LogP contribution in [0.15, 0.2) is 17.0 Å². The Kier molecular flexibility index (Phi) is 1.96. The molecule has 9 heavy (non-hydrogen) atoms. The van der Waals surface area contributed by atoms with Gasteiger partial charge < -0.3 is 4.84 Å². The van der Waals surface area contributed by atoms with Crippen LogP contribution in [-0.4, -0.2) is 9.97 Å². The van der Waals surface area contributed by atoms with Crippen LogP contribution in [0, 0.1) is 0 Å². The van der Waals surface area contributed by atoms with Crippen molar-refractivity contribution in [2.45, 2.75) is 0 Å². The lowest BCUT2D eigenvalue weighted by atomic mass is 10.6. The molecule has 0 aliphatic carbocycles. The fourth-order valence-electron chi connectivity index (χ4n) is 0.388. The molecule has 0 amide bonds. The number of halogens is 1. The second-order valence-corrected chi connectivity index (χ2v) is 2.15. The molecule has 0 bridgehead atoms. The smallest absolute Gasteiger partial charge is 0.254 e. The third-order valence-electron chi connectivity index (χ3n) is 0.745.